The van der Waals surface area contributed by atoms with Gasteiger partial charge in [-0.3, -0.25) is 14.5 Å². The van der Waals surface area contributed by atoms with Gasteiger partial charge in [0.2, 0.25) is 5.13 Å². The second-order valence-electron chi connectivity index (χ2n) is 6.98. The third-order valence-corrected chi connectivity index (χ3v) is 6.24. The van der Waals surface area contributed by atoms with E-state index in [0.29, 0.717) is 21.5 Å². The predicted molar refractivity (Wildman–Crippen MR) is 116 cm³/mol. The molecule has 4 rings (SSSR count). The lowest BCUT2D eigenvalue weighted by atomic mass is 10.00. The van der Waals surface area contributed by atoms with Crippen molar-refractivity contribution < 1.29 is 19.4 Å². The summed E-state index contributed by atoms with van der Waals surface area (Å²) in [7, 11) is 0. The monoisotopic (exact) mass is 441 g/mol. The Morgan fingerprint density at radius 2 is 1.90 bits per heavy atom. The SMILES string of the molecule is Cc1nnc(N2C(=O)C(=O)/C(=C(/O)c3ccc(OC(C)C)cc3)C2c2cccs2)s1. The van der Waals surface area contributed by atoms with Crippen LogP contribution in [0.25, 0.3) is 5.76 Å². The fourth-order valence-corrected chi connectivity index (χ4v) is 4.79. The maximum Gasteiger partial charge on any atom is 0.301 e. The second kappa shape index (κ2) is 8.00. The van der Waals surface area contributed by atoms with E-state index in [1.54, 1.807) is 31.2 Å². The molecule has 1 N–H and O–H groups in total. The molecule has 1 unspecified atom stereocenters. The molecule has 2 aromatic heterocycles. The third kappa shape index (κ3) is 3.61. The molecule has 1 aliphatic rings. The zero-order chi connectivity index (χ0) is 21.4. The molecule has 1 aromatic carbocycles. The molecule has 154 valence electrons. The predicted octanol–water partition coefficient (Wildman–Crippen LogP) is 4.32. The Labute approximate surface area is 181 Å². The number of rotatable bonds is 5. The van der Waals surface area contributed by atoms with Gasteiger partial charge in [0.1, 0.15) is 22.6 Å². The molecule has 1 fully saturated rings. The van der Waals surface area contributed by atoms with Crippen molar-refractivity contribution in [3.63, 3.8) is 0 Å². The first-order chi connectivity index (χ1) is 14.4. The van der Waals surface area contributed by atoms with Crippen LogP contribution in [0.3, 0.4) is 0 Å². The molecule has 1 amide bonds. The van der Waals surface area contributed by atoms with Crippen molar-refractivity contribution in [3.05, 3.63) is 62.8 Å². The fraction of sp³-hybridized carbons (Fsp3) is 0.238. The van der Waals surface area contributed by atoms with Gasteiger partial charge >= 0.3 is 5.91 Å². The largest absolute Gasteiger partial charge is 0.507 e. The van der Waals surface area contributed by atoms with Gasteiger partial charge in [-0.1, -0.05) is 17.4 Å². The van der Waals surface area contributed by atoms with Gasteiger partial charge in [0.25, 0.3) is 5.78 Å². The molecule has 1 saturated heterocycles. The van der Waals surface area contributed by atoms with E-state index in [-0.39, 0.29) is 17.4 Å². The standard InChI is InChI=1S/C21H19N3O4S2/c1-11(2)28-14-8-6-13(7-9-14)18(25)16-17(15-5-4-10-29-15)24(20(27)19(16)26)21-23-22-12(3)30-21/h4-11,17,25H,1-3H3/b18-16+. The van der Waals surface area contributed by atoms with Crippen LogP contribution in [0.15, 0.2) is 47.4 Å². The summed E-state index contributed by atoms with van der Waals surface area (Å²) in [6.45, 7) is 5.62. The number of aliphatic hydroxyl groups excluding tert-OH is 1. The summed E-state index contributed by atoms with van der Waals surface area (Å²) in [5.74, 6) is -1.06. The number of aliphatic hydroxyl groups is 1. The van der Waals surface area contributed by atoms with Gasteiger partial charge in [-0.2, -0.15) is 0 Å². The average Bonchev–Trinajstić information content (AvgIpc) is 3.43. The van der Waals surface area contributed by atoms with Gasteiger partial charge in [0.05, 0.1) is 11.7 Å². The quantitative estimate of drug-likeness (QED) is 0.360. The average molecular weight is 442 g/mol. The lowest BCUT2D eigenvalue weighted by molar-refractivity contribution is -0.132. The Morgan fingerprint density at radius 3 is 2.47 bits per heavy atom. The summed E-state index contributed by atoms with van der Waals surface area (Å²) in [6, 6.07) is 9.68. The van der Waals surface area contributed by atoms with Crippen LogP contribution in [0.4, 0.5) is 5.13 Å². The van der Waals surface area contributed by atoms with Crippen LogP contribution in [0.5, 0.6) is 5.75 Å². The van der Waals surface area contributed by atoms with Gasteiger partial charge in [-0.05, 0) is 56.5 Å². The lowest BCUT2D eigenvalue weighted by Gasteiger charge is -2.21. The summed E-state index contributed by atoms with van der Waals surface area (Å²) in [4.78, 5) is 27.9. The van der Waals surface area contributed by atoms with Crippen molar-refractivity contribution in [2.45, 2.75) is 32.9 Å². The van der Waals surface area contributed by atoms with Gasteiger partial charge in [0.15, 0.2) is 0 Å². The topological polar surface area (TPSA) is 92.6 Å². The van der Waals surface area contributed by atoms with Crippen LogP contribution >= 0.6 is 22.7 Å². The van der Waals surface area contributed by atoms with E-state index in [2.05, 4.69) is 10.2 Å². The molecule has 0 spiro atoms. The van der Waals surface area contributed by atoms with Crippen molar-refractivity contribution >= 4 is 45.3 Å². The Hall–Kier alpha value is -3.04. The van der Waals surface area contributed by atoms with E-state index in [0.717, 1.165) is 4.88 Å². The number of hydrogen-bond donors (Lipinski definition) is 1. The van der Waals surface area contributed by atoms with E-state index in [4.69, 9.17) is 4.74 Å². The number of anilines is 1. The molecular weight excluding hydrogens is 422 g/mol. The molecule has 0 aliphatic carbocycles. The number of thiophene rings is 1. The Balaban J connectivity index is 1.82. The minimum absolute atomic E-state index is 0.0176. The van der Waals surface area contributed by atoms with E-state index in [1.165, 1.54) is 27.6 Å². The van der Waals surface area contributed by atoms with Gasteiger partial charge in [-0.25, -0.2) is 0 Å². The lowest BCUT2D eigenvalue weighted by Crippen LogP contribution is -2.29. The number of aromatic nitrogens is 2. The van der Waals surface area contributed by atoms with E-state index >= 15 is 0 Å². The number of hydrogen-bond acceptors (Lipinski definition) is 8. The summed E-state index contributed by atoms with van der Waals surface area (Å²) in [6.07, 6.45) is 0.0176. The highest BCUT2D eigenvalue weighted by Gasteiger charge is 2.48. The summed E-state index contributed by atoms with van der Waals surface area (Å²) >= 11 is 2.62. The summed E-state index contributed by atoms with van der Waals surface area (Å²) in [5.41, 5.74) is 0.465. The molecule has 7 nitrogen and oxygen atoms in total. The highest BCUT2D eigenvalue weighted by atomic mass is 32.1. The highest BCUT2D eigenvalue weighted by molar-refractivity contribution is 7.15. The van der Waals surface area contributed by atoms with Crippen LogP contribution in [0.2, 0.25) is 0 Å². The Kier molecular flexibility index (Phi) is 5.40. The summed E-state index contributed by atoms with van der Waals surface area (Å²) < 4.78 is 5.63. The first-order valence-corrected chi connectivity index (χ1v) is 11.0. The van der Waals surface area contributed by atoms with E-state index in [9.17, 15) is 14.7 Å². The molecule has 3 heterocycles. The van der Waals surface area contributed by atoms with Crippen molar-refractivity contribution in [1.29, 1.82) is 0 Å². The van der Waals surface area contributed by atoms with Crippen molar-refractivity contribution in [1.82, 2.24) is 10.2 Å². The van der Waals surface area contributed by atoms with Crippen LogP contribution < -0.4 is 9.64 Å². The van der Waals surface area contributed by atoms with Gasteiger partial charge < -0.3 is 9.84 Å². The van der Waals surface area contributed by atoms with E-state index in [1.807, 2.05) is 31.4 Å². The first kappa shape index (κ1) is 20.2. The van der Waals surface area contributed by atoms with Crippen molar-refractivity contribution in [2.24, 2.45) is 0 Å². The fourth-order valence-electron chi connectivity index (χ4n) is 3.25. The minimum atomic E-state index is -0.760. The molecule has 9 heteroatoms. The molecule has 30 heavy (non-hydrogen) atoms. The number of amides is 1. The Morgan fingerprint density at radius 1 is 1.17 bits per heavy atom. The zero-order valence-corrected chi connectivity index (χ0v) is 18.2. The maximum absolute atomic E-state index is 13.0. The first-order valence-electron chi connectivity index (χ1n) is 9.28. The number of ether oxygens (including phenoxy) is 1. The van der Waals surface area contributed by atoms with Crippen molar-refractivity contribution in [2.75, 3.05) is 4.90 Å². The second-order valence-corrected chi connectivity index (χ2v) is 9.12. The van der Waals surface area contributed by atoms with E-state index < -0.39 is 17.7 Å². The molecule has 0 radical (unpaired) electrons. The molecule has 0 bridgehead atoms. The van der Waals surface area contributed by atoms with Crippen LogP contribution in [-0.2, 0) is 9.59 Å². The number of carbonyl (C=O) groups is 2. The Bertz CT molecular complexity index is 1120. The smallest absolute Gasteiger partial charge is 0.301 e. The van der Waals surface area contributed by atoms with Crippen LogP contribution in [0, 0.1) is 6.92 Å². The molecular formula is C21H19N3O4S2. The van der Waals surface area contributed by atoms with Crippen LogP contribution in [-0.4, -0.2) is 33.1 Å². The zero-order valence-electron chi connectivity index (χ0n) is 16.5. The molecule has 3 aromatic rings. The number of nitrogens with zero attached hydrogens (tertiary/aromatic N) is 3. The number of ketones is 1. The van der Waals surface area contributed by atoms with Gasteiger partial charge in [-0.15, -0.1) is 21.5 Å². The van der Waals surface area contributed by atoms with Crippen molar-refractivity contribution in [3.8, 4) is 5.75 Å². The molecule has 1 aliphatic heterocycles. The maximum atomic E-state index is 13.0. The summed E-state index contributed by atoms with van der Waals surface area (Å²) in [5, 5.41) is 21.9. The number of carbonyl (C=O) groups excluding carboxylic acids is 2. The number of benzene rings is 1. The van der Waals surface area contributed by atoms with Gasteiger partial charge in [0, 0.05) is 10.4 Å². The third-order valence-electron chi connectivity index (χ3n) is 4.48. The molecule has 0 saturated carbocycles. The normalized spacial score (nSPS) is 18.4. The number of Topliss-reactive ketones (excluding diaryl/α,β-unsaturated/α-hetero) is 1. The van der Waals surface area contributed by atoms with Crippen LogP contribution in [0.1, 0.15) is 35.3 Å². The molecule has 1 atom stereocenters. The minimum Gasteiger partial charge on any atom is -0.507 e. The number of aryl methyl sites for hydroxylation is 1. The highest BCUT2D eigenvalue weighted by Crippen LogP contribution is 2.44.